The summed E-state index contributed by atoms with van der Waals surface area (Å²) in [6.07, 6.45) is 0. The minimum absolute atomic E-state index is 0.167. The predicted molar refractivity (Wildman–Crippen MR) is 98.5 cm³/mol. The maximum atomic E-state index is 13.5. The first kappa shape index (κ1) is 17.3. The molecular formula is C16H15FN4O2S2. The lowest BCUT2D eigenvalue weighted by Crippen LogP contribution is -2.04. The first-order valence-corrected chi connectivity index (χ1v) is 8.97. The summed E-state index contributed by atoms with van der Waals surface area (Å²) in [5.74, 6) is -0.00229. The van der Waals surface area contributed by atoms with Gasteiger partial charge in [0.2, 0.25) is 5.91 Å². The summed E-state index contributed by atoms with van der Waals surface area (Å²) < 4.78 is 18.7. The SMILES string of the molecule is COc1ccc(F)cc1Nc1nc(-c2sc(NC(C)=O)nc2C)cs1. The number of amides is 1. The van der Waals surface area contributed by atoms with Crippen LogP contribution < -0.4 is 15.4 Å². The highest BCUT2D eigenvalue weighted by Gasteiger charge is 2.15. The van der Waals surface area contributed by atoms with Crippen LogP contribution in [0.3, 0.4) is 0 Å². The molecule has 0 atom stereocenters. The highest BCUT2D eigenvalue weighted by atomic mass is 32.1. The molecule has 6 nitrogen and oxygen atoms in total. The van der Waals surface area contributed by atoms with Gasteiger partial charge in [0.25, 0.3) is 0 Å². The molecule has 0 saturated carbocycles. The van der Waals surface area contributed by atoms with Crippen LogP contribution in [-0.2, 0) is 4.79 Å². The molecule has 0 spiro atoms. The van der Waals surface area contributed by atoms with Gasteiger partial charge >= 0.3 is 0 Å². The molecule has 0 aliphatic rings. The molecular weight excluding hydrogens is 363 g/mol. The van der Waals surface area contributed by atoms with Crippen molar-refractivity contribution in [2.45, 2.75) is 13.8 Å². The Kier molecular flexibility index (Phi) is 4.95. The Bertz CT molecular complexity index is 923. The second kappa shape index (κ2) is 7.16. The first-order valence-electron chi connectivity index (χ1n) is 7.27. The lowest BCUT2D eigenvalue weighted by molar-refractivity contribution is -0.114. The molecule has 0 aliphatic heterocycles. The molecule has 1 aromatic carbocycles. The monoisotopic (exact) mass is 378 g/mol. The van der Waals surface area contributed by atoms with Gasteiger partial charge in [0.05, 0.1) is 29.1 Å². The smallest absolute Gasteiger partial charge is 0.223 e. The predicted octanol–water partition coefficient (Wildman–Crippen LogP) is 4.42. The van der Waals surface area contributed by atoms with Crippen LogP contribution in [0.1, 0.15) is 12.6 Å². The number of nitrogens with zero attached hydrogens (tertiary/aromatic N) is 2. The molecule has 0 unspecified atom stereocenters. The van der Waals surface area contributed by atoms with Crippen molar-refractivity contribution >= 4 is 44.5 Å². The number of rotatable bonds is 5. The van der Waals surface area contributed by atoms with E-state index in [0.29, 0.717) is 21.7 Å². The second-order valence-electron chi connectivity index (χ2n) is 5.12. The Morgan fingerprint density at radius 3 is 2.80 bits per heavy atom. The Balaban J connectivity index is 1.85. The number of halogens is 1. The third-order valence-corrected chi connectivity index (χ3v) is 5.07. The Morgan fingerprint density at radius 1 is 1.28 bits per heavy atom. The van der Waals surface area contributed by atoms with Crippen molar-refractivity contribution in [1.82, 2.24) is 9.97 Å². The van der Waals surface area contributed by atoms with Crippen LogP contribution in [0.5, 0.6) is 5.75 Å². The van der Waals surface area contributed by atoms with Crippen LogP contribution in [0.4, 0.5) is 20.3 Å². The summed E-state index contributed by atoms with van der Waals surface area (Å²) in [5, 5.41) is 8.77. The number of carbonyl (C=O) groups excluding carboxylic acids is 1. The van der Waals surface area contributed by atoms with Crippen molar-refractivity contribution in [3.63, 3.8) is 0 Å². The molecule has 0 aliphatic carbocycles. The number of nitrogens with one attached hydrogen (secondary N) is 2. The van der Waals surface area contributed by atoms with Gasteiger partial charge in [0.1, 0.15) is 11.6 Å². The van der Waals surface area contributed by atoms with Gasteiger partial charge < -0.3 is 15.4 Å². The lowest BCUT2D eigenvalue weighted by Gasteiger charge is -2.08. The van der Waals surface area contributed by atoms with Crippen LogP contribution in [0.2, 0.25) is 0 Å². The van der Waals surface area contributed by atoms with Crippen molar-refractivity contribution < 1.29 is 13.9 Å². The lowest BCUT2D eigenvalue weighted by atomic mass is 10.3. The number of anilines is 3. The third-order valence-electron chi connectivity index (χ3n) is 3.22. The number of carbonyl (C=O) groups is 1. The molecule has 2 N–H and O–H groups in total. The number of aryl methyl sites for hydroxylation is 1. The van der Waals surface area contributed by atoms with Crippen molar-refractivity contribution in [1.29, 1.82) is 0 Å². The quantitative estimate of drug-likeness (QED) is 0.687. The molecule has 130 valence electrons. The highest BCUT2D eigenvalue weighted by Crippen LogP contribution is 2.36. The van der Waals surface area contributed by atoms with Gasteiger partial charge in [-0.2, -0.15) is 0 Å². The maximum Gasteiger partial charge on any atom is 0.223 e. The number of methoxy groups -OCH3 is 1. The second-order valence-corrected chi connectivity index (χ2v) is 6.98. The van der Waals surface area contributed by atoms with E-state index in [0.717, 1.165) is 16.3 Å². The topological polar surface area (TPSA) is 76.1 Å². The summed E-state index contributed by atoms with van der Waals surface area (Å²) in [6, 6.07) is 4.24. The first-order chi connectivity index (χ1) is 12.0. The number of hydrogen-bond acceptors (Lipinski definition) is 7. The fourth-order valence-electron chi connectivity index (χ4n) is 2.17. The number of ether oxygens (including phenoxy) is 1. The van der Waals surface area contributed by atoms with E-state index in [4.69, 9.17) is 4.74 Å². The van der Waals surface area contributed by atoms with E-state index in [1.165, 1.54) is 48.8 Å². The zero-order chi connectivity index (χ0) is 18.0. The molecule has 3 aromatic rings. The van der Waals surface area contributed by atoms with Crippen molar-refractivity contribution in [2.75, 3.05) is 17.7 Å². The zero-order valence-corrected chi connectivity index (χ0v) is 15.3. The normalized spacial score (nSPS) is 10.6. The highest BCUT2D eigenvalue weighted by molar-refractivity contribution is 7.20. The van der Waals surface area contributed by atoms with Crippen LogP contribution in [-0.4, -0.2) is 23.0 Å². The zero-order valence-electron chi connectivity index (χ0n) is 13.7. The molecule has 1 amide bonds. The van der Waals surface area contributed by atoms with E-state index in [2.05, 4.69) is 20.6 Å². The molecule has 25 heavy (non-hydrogen) atoms. The summed E-state index contributed by atoms with van der Waals surface area (Å²) in [7, 11) is 1.52. The minimum atomic E-state index is -0.363. The van der Waals surface area contributed by atoms with Crippen LogP contribution in [0.15, 0.2) is 23.6 Å². The Morgan fingerprint density at radius 2 is 2.08 bits per heavy atom. The van der Waals surface area contributed by atoms with Crippen molar-refractivity contribution in [3.05, 3.63) is 35.1 Å². The Hall–Kier alpha value is -2.52. The average Bonchev–Trinajstić information content (AvgIpc) is 3.13. The largest absolute Gasteiger partial charge is 0.495 e. The van der Waals surface area contributed by atoms with E-state index in [-0.39, 0.29) is 11.7 Å². The van der Waals surface area contributed by atoms with Crippen molar-refractivity contribution in [3.8, 4) is 16.3 Å². The van der Waals surface area contributed by atoms with E-state index in [1.54, 1.807) is 6.07 Å². The van der Waals surface area contributed by atoms with Crippen LogP contribution in [0, 0.1) is 12.7 Å². The number of hydrogen-bond donors (Lipinski definition) is 2. The van der Waals surface area contributed by atoms with Crippen LogP contribution >= 0.6 is 22.7 Å². The van der Waals surface area contributed by atoms with Crippen molar-refractivity contribution in [2.24, 2.45) is 0 Å². The molecule has 0 fully saturated rings. The summed E-state index contributed by atoms with van der Waals surface area (Å²) in [4.78, 5) is 20.9. The Labute approximate surface area is 151 Å². The average molecular weight is 378 g/mol. The van der Waals surface area contributed by atoms with E-state index >= 15 is 0 Å². The molecule has 0 saturated heterocycles. The fourth-order valence-corrected chi connectivity index (χ4v) is 3.93. The van der Waals surface area contributed by atoms with Gasteiger partial charge in [-0.3, -0.25) is 4.79 Å². The van der Waals surface area contributed by atoms with E-state index < -0.39 is 0 Å². The molecule has 0 bridgehead atoms. The van der Waals surface area contributed by atoms with Crippen LogP contribution in [0.25, 0.3) is 10.6 Å². The van der Waals surface area contributed by atoms with Gasteiger partial charge in [0.15, 0.2) is 10.3 Å². The number of aromatic nitrogens is 2. The van der Waals surface area contributed by atoms with Gasteiger partial charge in [-0.1, -0.05) is 11.3 Å². The van der Waals surface area contributed by atoms with E-state index in [1.807, 2.05) is 12.3 Å². The molecule has 2 aromatic heterocycles. The standard InChI is InChI=1S/C16H15FN4O2S2/c1-8-14(25-16(18-8)19-9(2)22)12-7-24-15(21-12)20-11-6-10(17)4-5-13(11)23-3/h4-7H,1-3H3,(H,20,21)(H,18,19,22). The third kappa shape index (κ3) is 3.94. The molecule has 9 heteroatoms. The summed E-state index contributed by atoms with van der Waals surface area (Å²) >= 11 is 2.75. The summed E-state index contributed by atoms with van der Waals surface area (Å²) in [5.41, 5.74) is 2.03. The fraction of sp³-hybridized carbons (Fsp3) is 0.188. The summed E-state index contributed by atoms with van der Waals surface area (Å²) in [6.45, 7) is 3.30. The maximum absolute atomic E-state index is 13.5. The molecule has 3 rings (SSSR count). The van der Waals surface area contributed by atoms with Gasteiger partial charge in [-0.05, 0) is 19.1 Å². The van der Waals surface area contributed by atoms with Gasteiger partial charge in [0, 0.05) is 18.4 Å². The molecule has 2 heterocycles. The number of thiazole rings is 2. The number of benzene rings is 1. The van der Waals surface area contributed by atoms with Gasteiger partial charge in [-0.25, -0.2) is 14.4 Å². The van der Waals surface area contributed by atoms with E-state index in [9.17, 15) is 9.18 Å². The minimum Gasteiger partial charge on any atom is -0.495 e. The van der Waals surface area contributed by atoms with Gasteiger partial charge in [-0.15, -0.1) is 11.3 Å². The molecule has 0 radical (unpaired) electrons.